The van der Waals surface area contributed by atoms with Crippen LogP contribution in [0.1, 0.15) is 5.89 Å². The van der Waals surface area contributed by atoms with Crippen LogP contribution in [0.5, 0.6) is 5.75 Å². The summed E-state index contributed by atoms with van der Waals surface area (Å²) in [6, 6.07) is 14.9. The molecule has 0 radical (unpaired) electrons. The largest absolute Gasteiger partial charge is 0.497 e. The number of rotatable bonds is 5. The predicted molar refractivity (Wildman–Crippen MR) is 85.1 cm³/mol. The second-order valence-electron chi connectivity index (χ2n) is 4.60. The minimum atomic E-state index is 0.428. The summed E-state index contributed by atoms with van der Waals surface area (Å²) in [5.41, 5.74) is 1.72. The van der Waals surface area contributed by atoms with E-state index in [4.69, 9.17) is 20.8 Å². The molecule has 0 unspecified atom stereocenters. The minimum absolute atomic E-state index is 0.428. The number of aromatic nitrogens is 2. The highest BCUT2D eigenvalue weighted by molar-refractivity contribution is 6.30. The summed E-state index contributed by atoms with van der Waals surface area (Å²) in [7, 11) is 1.62. The van der Waals surface area contributed by atoms with Gasteiger partial charge in [-0.25, -0.2) is 0 Å². The van der Waals surface area contributed by atoms with E-state index in [-0.39, 0.29) is 0 Å². The lowest BCUT2D eigenvalue weighted by Gasteiger charge is -2.03. The fraction of sp³-hybridized carbons (Fsp3) is 0.125. The molecule has 3 aromatic rings. The fourth-order valence-corrected chi connectivity index (χ4v) is 2.16. The van der Waals surface area contributed by atoms with Crippen LogP contribution in [0.4, 0.5) is 5.69 Å². The summed E-state index contributed by atoms with van der Waals surface area (Å²) < 4.78 is 10.8. The zero-order valence-corrected chi connectivity index (χ0v) is 12.7. The Bertz CT molecular complexity index is 773. The van der Waals surface area contributed by atoms with Gasteiger partial charge in [-0.2, -0.15) is 0 Å². The third kappa shape index (κ3) is 3.38. The number of methoxy groups -OCH3 is 1. The molecule has 0 aliphatic rings. The van der Waals surface area contributed by atoms with E-state index in [2.05, 4.69) is 15.5 Å². The lowest BCUT2D eigenvalue weighted by Crippen LogP contribution is -1.99. The van der Waals surface area contributed by atoms with E-state index < -0.39 is 0 Å². The molecule has 0 aliphatic carbocycles. The van der Waals surface area contributed by atoms with Gasteiger partial charge in [-0.15, -0.1) is 10.2 Å². The Kier molecular flexibility index (Phi) is 4.25. The van der Waals surface area contributed by atoms with Gasteiger partial charge >= 0.3 is 0 Å². The van der Waals surface area contributed by atoms with Crippen molar-refractivity contribution in [1.29, 1.82) is 0 Å². The van der Waals surface area contributed by atoms with Crippen LogP contribution in [-0.4, -0.2) is 17.3 Å². The maximum absolute atomic E-state index is 5.94. The molecule has 6 heteroatoms. The summed E-state index contributed by atoms with van der Waals surface area (Å²) in [5, 5.41) is 11.9. The number of ether oxygens (including phenoxy) is 1. The summed E-state index contributed by atoms with van der Waals surface area (Å²) >= 11 is 5.94. The van der Waals surface area contributed by atoms with E-state index in [1.54, 1.807) is 7.11 Å². The molecular weight excluding hydrogens is 302 g/mol. The minimum Gasteiger partial charge on any atom is -0.497 e. The van der Waals surface area contributed by atoms with Crippen LogP contribution in [0.15, 0.2) is 52.9 Å². The SMILES string of the molecule is COc1cccc(-c2nnc(CNc3cccc(Cl)c3)o2)c1. The Labute approximate surface area is 132 Å². The quantitative estimate of drug-likeness (QED) is 0.770. The van der Waals surface area contributed by atoms with Gasteiger partial charge in [-0.05, 0) is 36.4 Å². The van der Waals surface area contributed by atoms with E-state index in [0.717, 1.165) is 17.0 Å². The number of halogens is 1. The van der Waals surface area contributed by atoms with Crippen LogP contribution in [0, 0.1) is 0 Å². The standard InChI is InChI=1S/C16H14ClN3O2/c1-21-14-7-2-4-11(8-14)16-20-19-15(22-16)10-18-13-6-3-5-12(17)9-13/h2-9,18H,10H2,1H3. The number of hydrogen-bond acceptors (Lipinski definition) is 5. The van der Waals surface area contributed by atoms with Crippen molar-refractivity contribution in [2.45, 2.75) is 6.54 Å². The first kappa shape index (κ1) is 14.4. The van der Waals surface area contributed by atoms with E-state index in [1.807, 2.05) is 48.5 Å². The smallest absolute Gasteiger partial charge is 0.247 e. The number of anilines is 1. The first-order valence-electron chi connectivity index (χ1n) is 6.71. The monoisotopic (exact) mass is 315 g/mol. The molecule has 2 aromatic carbocycles. The van der Waals surface area contributed by atoms with Crippen molar-refractivity contribution in [3.8, 4) is 17.2 Å². The van der Waals surface area contributed by atoms with Gasteiger partial charge in [0, 0.05) is 16.3 Å². The Morgan fingerprint density at radius 1 is 1.14 bits per heavy atom. The van der Waals surface area contributed by atoms with Crippen LogP contribution in [-0.2, 0) is 6.54 Å². The molecule has 5 nitrogen and oxygen atoms in total. The zero-order valence-electron chi connectivity index (χ0n) is 11.9. The molecule has 0 atom stereocenters. The van der Waals surface area contributed by atoms with Crippen molar-refractivity contribution in [1.82, 2.24) is 10.2 Å². The Morgan fingerprint density at radius 3 is 2.82 bits per heavy atom. The molecule has 0 saturated carbocycles. The molecule has 0 aliphatic heterocycles. The highest BCUT2D eigenvalue weighted by Gasteiger charge is 2.09. The average molecular weight is 316 g/mol. The first-order valence-corrected chi connectivity index (χ1v) is 7.08. The first-order chi connectivity index (χ1) is 10.7. The van der Waals surface area contributed by atoms with Gasteiger partial charge in [0.15, 0.2) is 0 Å². The molecule has 0 saturated heterocycles. The molecule has 22 heavy (non-hydrogen) atoms. The van der Waals surface area contributed by atoms with Gasteiger partial charge in [0.1, 0.15) is 5.75 Å². The summed E-state index contributed by atoms with van der Waals surface area (Å²) in [6.07, 6.45) is 0. The number of benzene rings is 2. The van der Waals surface area contributed by atoms with Crippen LogP contribution in [0.25, 0.3) is 11.5 Å². The maximum atomic E-state index is 5.94. The second-order valence-corrected chi connectivity index (χ2v) is 5.03. The van der Waals surface area contributed by atoms with Crippen molar-refractivity contribution in [2.75, 3.05) is 12.4 Å². The van der Waals surface area contributed by atoms with Gasteiger partial charge in [-0.3, -0.25) is 0 Å². The Balaban J connectivity index is 1.71. The summed E-state index contributed by atoms with van der Waals surface area (Å²) in [4.78, 5) is 0. The van der Waals surface area contributed by atoms with Gasteiger partial charge in [-0.1, -0.05) is 23.7 Å². The van der Waals surface area contributed by atoms with Crippen molar-refractivity contribution < 1.29 is 9.15 Å². The van der Waals surface area contributed by atoms with Crippen molar-refractivity contribution in [3.63, 3.8) is 0 Å². The molecule has 0 amide bonds. The van der Waals surface area contributed by atoms with Gasteiger partial charge in [0.05, 0.1) is 13.7 Å². The zero-order chi connectivity index (χ0) is 15.4. The molecule has 0 fully saturated rings. The van der Waals surface area contributed by atoms with Crippen LogP contribution in [0.3, 0.4) is 0 Å². The topological polar surface area (TPSA) is 60.2 Å². The Morgan fingerprint density at radius 2 is 2.00 bits per heavy atom. The predicted octanol–water partition coefficient (Wildman–Crippen LogP) is 4.01. The maximum Gasteiger partial charge on any atom is 0.247 e. The van der Waals surface area contributed by atoms with Gasteiger partial charge < -0.3 is 14.5 Å². The molecule has 0 bridgehead atoms. The van der Waals surface area contributed by atoms with Crippen LogP contribution in [0.2, 0.25) is 5.02 Å². The second kappa shape index (κ2) is 6.49. The van der Waals surface area contributed by atoms with Crippen molar-refractivity contribution in [2.24, 2.45) is 0 Å². The normalized spacial score (nSPS) is 10.5. The molecule has 1 aromatic heterocycles. The Hall–Kier alpha value is -2.53. The summed E-state index contributed by atoms with van der Waals surface area (Å²) in [5.74, 6) is 1.70. The van der Waals surface area contributed by atoms with Crippen molar-refractivity contribution in [3.05, 3.63) is 59.4 Å². The highest BCUT2D eigenvalue weighted by atomic mass is 35.5. The van der Waals surface area contributed by atoms with Crippen molar-refractivity contribution >= 4 is 17.3 Å². The summed E-state index contributed by atoms with van der Waals surface area (Å²) in [6.45, 7) is 0.428. The van der Waals surface area contributed by atoms with E-state index in [1.165, 1.54) is 0 Å². The fourth-order valence-electron chi connectivity index (χ4n) is 1.97. The molecule has 112 valence electrons. The average Bonchev–Trinajstić information content (AvgIpc) is 3.02. The number of nitrogens with zero attached hydrogens (tertiary/aromatic N) is 2. The van der Waals surface area contributed by atoms with Crippen LogP contribution >= 0.6 is 11.6 Å². The van der Waals surface area contributed by atoms with E-state index in [9.17, 15) is 0 Å². The van der Waals surface area contributed by atoms with Gasteiger partial charge in [0.2, 0.25) is 11.8 Å². The number of hydrogen-bond donors (Lipinski definition) is 1. The van der Waals surface area contributed by atoms with E-state index in [0.29, 0.717) is 23.3 Å². The molecule has 1 N–H and O–H groups in total. The lowest BCUT2D eigenvalue weighted by atomic mass is 10.2. The highest BCUT2D eigenvalue weighted by Crippen LogP contribution is 2.23. The molecular formula is C16H14ClN3O2. The molecule has 1 heterocycles. The van der Waals surface area contributed by atoms with Gasteiger partial charge in [0.25, 0.3) is 0 Å². The van der Waals surface area contributed by atoms with E-state index >= 15 is 0 Å². The molecule has 3 rings (SSSR count). The third-order valence-electron chi connectivity index (χ3n) is 3.05. The third-order valence-corrected chi connectivity index (χ3v) is 3.29. The molecule has 0 spiro atoms. The van der Waals surface area contributed by atoms with Crippen LogP contribution < -0.4 is 10.1 Å². The lowest BCUT2D eigenvalue weighted by molar-refractivity contribution is 0.414. The number of nitrogens with one attached hydrogen (secondary N) is 1.